The van der Waals surface area contributed by atoms with Gasteiger partial charge >= 0.3 is 6.03 Å². The fraction of sp³-hybridized carbons (Fsp3) is 0.130. The summed E-state index contributed by atoms with van der Waals surface area (Å²) in [7, 11) is 0. The molecular weight excluding hydrogens is 392 g/mol. The SMILES string of the molecule is CCc1c(C)nc(-n2nc(-c3ccccc3)cc2NC(=O)Nc2ccccc2)[nH]c1=O. The number of aromatic nitrogens is 4. The Bertz CT molecular complexity index is 1260. The Kier molecular flexibility index (Phi) is 5.61. The zero-order chi connectivity index (χ0) is 21.8. The minimum Gasteiger partial charge on any atom is -0.308 e. The van der Waals surface area contributed by atoms with Gasteiger partial charge in [-0.15, -0.1) is 0 Å². The molecule has 2 aromatic heterocycles. The van der Waals surface area contributed by atoms with Crippen LogP contribution in [0, 0.1) is 6.92 Å². The van der Waals surface area contributed by atoms with E-state index in [2.05, 4.69) is 25.7 Å². The first-order valence-corrected chi connectivity index (χ1v) is 9.94. The van der Waals surface area contributed by atoms with Crippen molar-refractivity contribution in [1.82, 2.24) is 19.7 Å². The van der Waals surface area contributed by atoms with Crippen LogP contribution in [0.2, 0.25) is 0 Å². The van der Waals surface area contributed by atoms with Gasteiger partial charge in [-0.2, -0.15) is 9.78 Å². The number of aryl methyl sites for hydroxylation is 1. The highest BCUT2D eigenvalue weighted by Crippen LogP contribution is 2.24. The Balaban J connectivity index is 1.74. The normalized spacial score (nSPS) is 10.6. The van der Waals surface area contributed by atoms with E-state index in [4.69, 9.17) is 0 Å². The number of rotatable bonds is 5. The van der Waals surface area contributed by atoms with Gasteiger partial charge in [0.15, 0.2) is 0 Å². The number of benzene rings is 2. The van der Waals surface area contributed by atoms with Crippen molar-refractivity contribution in [1.29, 1.82) is 0 Å². The molecule has 2 amide bonds. The van der Waals surface area contributed by atoms with E-state index in [1.54, 1.807) is 25.1 Å². The maximum Gasteiger partial charge on any atom is 0.324 e. The lowest BCUT2D eigenvalue weighted by molar-refractivity contribution is 0.262. The van der Waals surface area contributed by atoms with Crippen LogP contribution in [0.4, 0.5) is 16.3 Å². The van der Waals surface area contributed by atoms with Crippen molar-refractivity contribution in [3.8, 4) is 17.2 Å². The molecule has 31 heavy (non-hydrogen) atoms. The van der Waals surface area contributed by atoms with Crippen molar-refractivity contribution in [3.05, 3.63) is 88.3 Å². The molecule has 8 nitrogen and oxygen atoms in total. The fourth-order valence-corrected chi connectivity index (χ4v) is 3.29. The fourth-order valence-electron chi connectivity index (χ4n) is 3.29. The minimum atomic E-state index is -0.434. The molecule has 0 bridgehead atoms. The molecule has 4 aromatic rings. The van der Waals surface area contributed by atoms with Gasteiger partial charge in [0, 0.05) is 28.6 Å². The van der Waals surface area contributed by atoms with E-state index in [-0.39, 0.29) is 11.5 Å². The molecule has 0 saturated carbocycles. The Morgan fingerprint density at radius 1 is 1.03 bits per heavy atom. The third kappa shape index (κ3) is 4.37. The van der Waals surface area contributed by atoms with E-state index >= 15 is 0 Å². The predicted molar refractivity (Wildman–Crippen MR) is 121 cm³/mol. The molecule has 0 saturated heterocycles. The van der Waals surface area contributed by atoms with E-state index < -0.39 is 6.03 Å². The highest BCUT2D eigenvalue weighted by molar-refractivity contribution is 5.99. The largest absolute Gasteiger partial charge is 0.324 e. The van der Waals surface area contributed by atoms with Gasteiger partial charge in [-0.05, 0) is 25.5 Å². The molecule has 156 valence electrons. The number of carbonyl (C=O) groups excluding carboxylic acids is 1. The summed E-state index contributed by atoms with van der Waals surface area (Å²) in [5, 5.41) is 10.2. The average Bonchev–Trinajstić information content (AvgIpc) is 3.18. The van der Waals surface area contributed by atoms with E-state index in [0.29, 0.717) is 34.9 Å². The number of hydrogen-bond donors (Lipinski definition) is 3. The molecule has 4 rings (SSSR count). The van der Waals surface area contributed by atoms with Crippen molar-refractivity contribution in [2.24, 2.45) is 0 Å². The molecule has 2 heterocycles. The molecule has 0 aliphatic rings. The highest BCUT2D eigenvalue weighted by atomic mass is 16.2. The van der Waals surface area contributed by atoms with E-state index in [1.165, 1.54) is 4.68 Å². The Morgan fingerprint density at radius 2 is 1.71 bits per heavy atom. The smallest absolute Gasteiger partial charge is 0.308 e. The van der Waals surface area contributed by atoms with Gasteiger partial charge in [0.2, 0.25) is 5.95 Å². The van der Waals surface area contributed by atoms with Crippen molar-refractivity contribution >= 4 is 17.5 Å². The molecule has 0 unspecified atom stereocenters. The van der Waals surface area contributed by atoms with Gasteiger partial charge in [0.1, 0.15) is 5.82 Å². The standard InChI is InChI=1S/C23H22N6O2/c1-3-18-15(2)24-22(27-21(18)30)29-20(14-19(28-29)16-10-6-4-7-11-16)26-23(31)25-17-12-8-5-9-13-17/h4-14H,3H2,1-2H3,(H,24,27,30)(H2,25,26,31). The molecule has 2 aromatic carbocycles. The van der Waals surface area contributed by atoms with Crippen molar-refractivity contribution in [2.45, 2.75) is 20.3 Å². The van der Waals surface area contributed by atoms with Crippen LogP contribution in [0.3, 0.4) is 0 Å². The lowest BCUT2D eigenvalue weighted by Gasteiger charge is -2.10. The van der Waals surface area contributed by atoms with Gasteiger partial charge in [0.25, 0.3) is 5.56 Å². The van der Waals surface area contributed by atoms with Crippen LogP contribution in [0.25, 0.3) is 17.2 Å². The summed E-state index contributed by atoms with van der Waals surface area (Å²) in [5.74, 6) is 0.607. The number of hydrogen-bond acceptors (Lipinski definition) is 4. The van der Waals surface area contributed by atoms with Gasteiger partial charge < -0.3 is 5.32 Å². The number of carbonyl (C=O) groups is 1. The van der Waals surface area contributed by atoms with Crippen molar-refractivity contribution < 1.29 is 4.79 Å². The first-order valence-electron chi connectivity index (χ1n) is 9.94. The number of nitrogens with zero attached hydrogens (tertiary/aromatic N) is 3. The number of urea groups is 1. The van der Waals surface area contributed by atoms with Crippen LogP contribution in [-0.4, -0.2) is 25.8 Å². The molecular formula is C23H22N6O2. The van der Waals surface area contributed by atoms with Gasteiger partial charge in [-0.1, -0.05) is 55.5 Å². The van der Waals surface area contributed by atoms with E-state index in [1.807, 2.05) is 55.5 Å². The summed E-state index contributed by atoms with van der Waals surface area (Å²) in [4.78, 5) is 32.4. The summed E-state index contributed by atoms with van der Waals surface area (Å²) in [6.45, 7) is 3.69. The number of amides is 2. The van der Waals surface area contributed by atoms with E-state index in [9.17, 15) is 9.59 Å². The Morgan fingerprint density at radius 3 is 2.35 bits per heavy atom. The number of anilines is 2. The number of para-hydroxylation sites is 1. The maximum absolute atomic E-state index is 12.6. The zero-order valence-electron chi connectivity index (χ0n) is 17.2. The van der Waals surface area contributed by atoms with Crippen LogP contribution in [0.15, 0.2) is 71.5 Å². The Hall–Kier alpha value is -4.20. The lowest BCUT2D eigenvalue weighted by atomic mass is 10.2. The number of H-pyrrole nitrogens is 1. The second-order valence-electron chi connectivity index (χ2n) is 6.94. The first kappa shape index (κ1) is 20.1. The van der Waals surface area contributed by atoms with Crippen LogP contribution in [0.5, 0.6) is 0 Å². The molecule has 0 spiro atoms. The van der Waals surface area contributed by atoms with Crippen LogP contribution in [-0.2, 0) is 6.42 Å². The minimum absolute atomic E-state index is 0.221. The zero-order valence-corrected chi connectivity index (χ0v) is 17.2. The van der Waals surface area contributed by atoms with Crippen LogP contribution in [0.1, 0.15) is 18.2 Å². The van der Waals surface area contributed by atoms with Gasteiger partial charge in [0.05, 0.1) is 5.69 Å². The van der Waals surface area contributed by atoms with Crippen molar-refractivity contribution in [3.63, 3.8) is 0 Å². The van der Waals surface area contributed by atoms with Crippen molar-refractivity contribution in [2.75, 3.05) is 10.6 Å². The molecule has 0 radical (unpaired) electrons. The number of nitrogens with one attached hydrogen (secondary N) is 3. The van der Waals surface area contributed by atoms with E-state index in [0.717, 1.165) is 5.56 Å². The second-order valence-corrected chi connectivity index (χ2v) is 6.94. The van der Waals surface area contributed by atoms with Gasteiger partial charge in [-0.3, -0.25) is 15.1 Å². The summed E-state index contributed by atoms with van der Waals surface area (Å²) in [5.41, 5.74) is 3.19. The summed E-state index contributed by atoms with van der Waals surface area (Å²) in [6, 6.07) is 20.0. The molecule has 0 aliphatic carbocycles. The van der Waals surface area contributed by atoms with Crippen LogP contribution < -0.4 is 16.2 Å². The first-order chi connectivity index (χ1) is 15.0. The second kappa shape index (κ2) is 8.66. The third-order valence-corrected chi connectivity index (χ3v) is 4.82. The number of aromatic amines is 1. The lowest BCUT2D eigenvalue weighted by Crippen LogP contribution is -2.24. The molecule has 0 fully saturated rings. The highest BCUT2D eigenvalue weighted by Gasteiger charge is 2.17. The quantitative estimate of drug-likeness (QED) is 0.456. The average molecular weight is 414 g/mol. The third-order valence-electron chi connectivity index (χ3n) is 4.82. The molecule has 0 atom stereocenters. The summed E-state index contributed by atoms with van der Waals surface area (Å²) >= 11 is 0. The molecule has 8 heteroatoms. The topological polar surface area (TPSA) is 105 Å². The monoisotopic (exact) mass is 414 g/mol. The van der Waals surface area contributed by atoms with Crippen LogP contribution >= 0.6 is 0 Å². The van der Waals surface area contributed by atoms with Gasteiger partial charge in [-0.25, -0.2) is 9.78 Å². The Labute approximate surface area is 179 Å². The maximum atomic E-state index is 12.6. The summed E-state index contributed by atoms with van der Waals surface area (Å²) < 4.78 is 1.43. The molecule has 0 aliphatic heterocycles. The molecule has 3 N–H and O–H groups in total. The predicted octanol–water partition coefficient (Wildman–Crippen LogP) is 4.14. The summed E-state index contributed by atoms with van der Waals surface area (Å²) in [6.07, 6.45) is 0.577.